The highest BCUT2D eigenvalue weighted by molar-refractivity contribution is 6.46. The summed E-state index contributed by atoms with van der Waals surface area (Å²) in [6.07, 6.45) is 3.22. The van der Waals surface area contributed by atoms with Crippen molar-refractivity contribution < 1.29 is 19.1 Å². The lowest BCUT2D eigenvalue weighted by atomic mass is 9.95. The number of aromatic nitrogens is 1. The van der Waals surface area contributed by atoms with Gasteiger partial charge in [-0.3, -0.25) is 14.6 Å². The molecule has 0 unspecified atom stereocenters. The molecule has 6 heteroatoms. The van der Waals surface area contributed by atoms with E-state index in [1.165, 1.54) is 29.2 Å². The Bertz CT molecular complexity index is 1080. The van der Waals surface area contributed by atoms with Crippen LogP contribution in [0.1, 0.15) is 22.7 Å². The lowest BCUT2D eigenvalue weighted by Gasteiger charge is -2.25. The summed E-state index contributed by atoms with van der Waals surface area (Å²) in [5, 5.41) is 10.9. The van der Waals surface area contributed by atoms with Crippen LogP contribution in [0, 0.1) is 5.82 Å². The van der Waals surface area contributed by atoms with E-state index in [9.17, 15) is 19.1 Å². The molecule has 0 spiro atoms. The molecule has 29 heavy (non-hydrogen) atoms. The van der Waals surface area contributed by atoms with Crippen molar-refractivity contribution in [3.05, 3.63) is 107 Å². The molecule has 3 aromatic rings. The van der Waals surface area contributed by atoms with Gasteiger partial charge in [0.05, 0.1) is 11.6 Å². The molecule has 0 radical (unpaired) electrons. The third kappa shape index (κ3) is 3.52. The maximum absolute atomic E-state index is 13.5. The van der Waals surface area contributed by atoms with Gasteiger partial charge in [-0.05, 0) is 29.3 Å². The molecule has 2 aromatic carbocycles. The van der Waals surface area contributed by atoms with Gasteiger partial charge in [0.1, 0.15) is 11.6 Å². The maximum Gasteiger partial charge on any atom is 0.295 e. The van der Waals surface area contributed by atoms with Crippen molar-refractivity contribution in [2.24, 2.45) is 0 Å². The van der Waals surface area contributed by atoms with Crippen molar-refractivity contribution in [3.8, 4) is 0 Å². The van der Waals surface area contributed by atoms with E-state index >= 15 is 0 Å². The third-order valence-corrected chi connectivity index (χ3v) is 4.85. The van der Waals surface area contributed by atoms with E-state index in [-0.39, 0.29) is 17.9 Å². The molecule has 2 heterocycles. The minimum absolute atomic E-state index is 0.0169. The summed E-state index contributed by atoms with van der Waals surface area (Å²) in [4.78, 5) is 31.1. The summed E-state index contributed by atoms with van der Waals surface area (Å²) in [5.41, 5.74) is 1.68. The number of halogens is 1. The van der Waals surface area contributed by atoms with Gasteiger partial charge in [-0.25, -0.2) is 4.39 Å². The van der Waals surface area contributed by atoms with E-state index in [0.717, 1.165) is 5.56 Å². The van der Waals surface area contributed by atoms with Gasteiger partial charge in [0.2, 0.25) is 0 Å². The van der Waals surface area contributed by atoms with Gasteiger partial charge >= 0.3 is 0 Å². The number of carbonyl (C=O) groups is 2. The van der Waals surface area contributed by atoms with Crippen molar-refractivity contribution in [2.45, 2.75) is 12.6 Å². The van der Waals surface area contributed by atoms with E-state index in [1.807, 2.05) is 0 Å². The number of hydrogen-bond acceptors (Lipinski definition) is 4. The summed E-state index contributed by atoms with van der Waals surface area (Å²) >= 11 is 0. The Labute approximate surface area is 166 Å². The molecule has 5 nitrogen and oxygen atoms in total. The lowest BCUT2D eigenvalue weighted by Crippen LogP contribution is -2.29. The van der Waals surface area contributed by atoms with E-state index < -0.39 is 23.5 Å². The summed E-state index contributed by atoms with van der Waals surface area (Å²) in [5.74, 6) is -2.18. The number of benzene rings is 2. The largest absolute Gasteiger partial charge is 0.507 e. The highest BCUT2D eigenvalue weighted by Gasteiger charge is 2.46. The molecule has 144 valence electrons. The molecule has 0 aliphatic carbocycles. The molecule has 1 aromatic heterocycles. The van der Waals surface area contributed by atoms with E-state index in [1.54, 1.807) is 54.9 Å². The minimum Gasteiger partial charge on any atom is -0.507 e. The average molecular weight is 388 g/mol. The summed E-state index contributed by atoms with van der Waals surface area (Å²) in [7, 11) is 0. The number of Topliss-reactive ketones (excluding diaryl/α,β-unsaturated/α-hetero) is 1. The summed E-state index contributed by atoms with van der Waals surface area (Å²) in [6, 6.07) is 16.8. The van der Waals surface area contributed by atoms with Crippen LogP contribution in [0.25, 0.3) is 5.76 Å². The maximum atomic E-state index is 13.5. The summed E-state index contributed by atoms with van der Waals surface area (Å²) < 4.78 is 13.5. The molecular formula is C23H17FN2O3. The molecule has 1 amide bonds. The standard InChI is InChI=1S/C23H17FN2O3/c24-18-10-8-16(9-11-18)20-19(21(27)17-6-2-1-3-7-17)22(28)23(29)26(20)14-15-5-4-12-25-13-15/h1-13,20,27H,14H2/b21-19+/t20-/m0/s1. The monoisotopic (exact) mass is 388 g/mol. The number of likely N-dealkylation sites (tertiary alicyclic amines) is 1. The van der Waals surface area contributed by atoms with Crippen molar-refractivity contribution >= 4 is 17.4 Å². The molecule has 0 saturated carbocycles. The van der Waals surface area contributed by atoms with Crippen molar-refractivity contribution in [1.29, 1.82) is 0 Å². The zero-order chi connectivity index (χ0) is 20.4. The van der Waals surface area contributed by atoms with Crippen molar-refractivity contribution in [1.82, 2.24) is 9.88 Å². The molecular weight excluding hydrogens is 371 g/mol. The zero-order valence-electron chi connectivity index (χ0n) is 15.3. The van der Waals surface area contributed by atoms with Crippen molar-refractivity contribution in [3.63, 3.8) is 0 Å². The van der Waals surface area contributed by atoms with Gasteiger partial charge in [-0.1, -0.05) is 48.5 Å². The molecule has 1 atom stereocenters. The first-order chi connectivity index (χ1) is 14.1. The van der Waals surface area contributed by atoms with Crippen LogP contribution in [0.4, 0.5) is 4.39 Å². The Kier molecular flexibility index (Phi) is 4.91. The number of carbonyl (C=O) groups excluding carboxylic acids is 2. The van der Waals surface area contributed by atoms with E-state index in [4.69, 9.17) is 0 Å². The predicted molar refractivity (Wildman–Crippen MR) is 105 cm³/mol. The smallest absolute Gasteiger partial charge is 0.295 e. The lowest BCUT2D eigenvalue weighted by molar-refractivity contribution is -0.140. The predicted octanol–water partition coefficient (Wildman–Crippen LogP) is 3.84. The second kappa shape index (κ2) is 7.67. The van der Waals surface area contributed by atoms with Crippen LogP contribution in [-0.4, -0.2) is 26.7 Å². The van der Waals surface area contributed by atoms with Gasteiger partial charge in [-0.15, -0.1) is 0 Å². The van der Waals surface area contributed by atoms with Gasteiger partial charge in [0, 0.05) is 24.5 Å². The van der Waals surface area contributed by atoms with Crippen LogP contribution >= 0.6 is 0 Å². The minimum atomic E-state index is -0.837. The fraction of sp³-hybridized carbons (Fsp3) is 0.0870. The van der Waals surface area contributed by atoms with E-state index in [2.05, 4.69) is 4.98 Å². The average Bonchev–Trinajstić information content (AvgIpc) is 3.00. The first kappa shape index (κ1) is 18.6. The molecule has 1 N–H and O–H groups in total. The normalized spacial score (nSPS) is 18.2. The third-order valence-electron chi connectivity index (χ3n) is 4.85. The number of aliphatic hydroxyl groups excluding tert-OH is 1. The molecule has 0 bridgehead atoms. The van der Waals surface area contributed by atoms with Crippen LogP contribution < -0.4 is 0 Å². The first-order valence-electron chi connectivity index (χ1n) is 9.04. The van der Waals surface area contributed by atoms with Gasteiger partial charge in [0.25, 0.3) is 11.7 Å². The van der Waals surface area contributed by atoms with Crippen LogP contribution in [0.2, 0.25) is 0 Å². The topological polar surface area (TPSA) is 70.5 Å². The Morgan fingerprint density at radius 3 is 2.38 bits per heavy atom. The molecule has 1 aliphatic rings. The van der Waals surface area contributed by atoms with Gasteiger partial charge in [-0.2, -0.15) is 0 Å². The van der Waals surface area contributed by atoms with Crippen LogP contribution in [0.3, 0.4) is 0 Å². The van der Waals surface area contributed by atoms with Gasteiger partial charge in [0.15, 0.2) is 0 Å². The number of ketones is 1. The van der Waals surface area contributed by atoms with Gasteiger partial charge < -0.3 is 10.0 Å². The van der Waals surface area contributed by atoms with Crippen LogP contribution in [0.5, 0.6) is 0 Å². The number of pyridine rings is 1. The zero-order valence-corrected chi connectivity index (χ0v) is 15.3. The first-order valence-corrected chi connectivity index (χ1v) is 9.04. The summed E-state index contributed by atoms with van der Waals surface area (Å²) in [6.45, 7) is 0.131. The Morgan fingerprint density at radius 2 is 1.72 bits per heavy atom. The Balaban J connectivity index is 1.86. The second-order valence-corrected chi connectivity index (χ2v) is 6.71. The highest BCUT2D eigenvalue weighted by atomic mass is 19.1. The van der Waals surface area contributed by atoms with Crippen molar-refractivity contribution in [2.75, 3.05) is 0 Å². The van der Waals surface area contributed by atoms with Crippen LogP contribution in [0.15, 0.2) is 84.7 Å². The number of rotatable bonds is 4. The number of aliphatic hydroxyl groups is 1. The molecule has 1 fully saturated rings. The number of nitrogens with zero attached hydrogens (tertiary/aromatic N) is 2. The fourth-order valence-electron chi connectivity index (χ4n) is 3.47. The molecule has 1 aliphatic heterocycles. The van der Waals surface area contributed by atoms with E-state index in [0.29, 0.717) is 11.1 Å². The molecule has 4 rings (SSSR count). The number of hydrogen-bond donors (Lipinski definition) is 1. The highest BCUT2D eigenvalue weighted by Crippen LogP contribution is 2.40. The fourth-order valence-corrected chi connectivity index (χ4v) is 3.47. The Morgan fingerprint density at radius 1 is 1.00 bits per heavy atom. The Hall–Kier alpha value is -3.80. The number of amides is 1. The quantitative estimate of drug-likeness (QED) is 0.419. The van der Waals surface area contributed by atoms with Crippen LogP contribution in [-0.2, 0) is 16.1 Å². The SMILES string of the molecule is O=C1C(=O)N(Cc2cccnc2)[C@@H](c2ccc(F)cc2)/C1=C(\O)c1ccccc1. The second-order valence-electron chi connectivity index (χ2n) is 6.71. The molecule has 1 saturated heterocycles.